The highest BCUT2D eigenvalue weighted by Gasteiger charge is 2.14. The molecule has 0 aliphatic carbocycles. The van der Waals surface area contributed by atoms with Gasteiger partial charge in [-0.3, -0.25) is 0 Å². The van der Waals surface area contributed by atoms with Crippen molar-refractivity contribution >= 4 is 22.9 Å². The van der Waals surface area contributed by atoms with Gasteiger partial charge >= 0.3 is 0 Å². The van der Waals surface area contributed by atoms with Gasteiger partial charge in [0.2, 0.25) is 0 Å². The van der Waals surface area contributed by atoms with Crippen LogP contribution >= 0.6 is 22.9 Å². The molecule has 0 saturated heterocycles. The summed E-state index contributed by atoms with van der Waals surface area (Å²) >= 11 is 8.31. The van der Waals surface area contributed by atoms with Crippen LogP contribution in [-0.4, -0.2) is 0 Å². The maximum Gasteiger partial charge on any atom is 0.0930 e. The fourth-order valence-electron chi connectivity index (χ4n) is 2.27. The number of alkyl halides is 1. The Morgan fingerprint density at radius 3 is 2.10 bits per heavy atom. The minimum Gasteiger partial charge on any atom is -0.147 e. The smallest absolute Gasteiger partial charge is 0.0930 e. The molecule has 1 aromatic heterocycles. The highest BCUT2D eigenvalue weighted by atomic mass is 35.5. The van der Waals surface area contributed by atoms with Gasteiger partial charge in [0.15, 0.2) is 0 Å². The minimum atomic E-state index is -0.0557. The Labute approximate surface area is 128 Å². The Morgan fingerprint density at radius 2 is 1.50 bits per heavy atom. The van der Waals surface area contributed by atoms with Crippen LogP contribution in [0.1, 0.15) is 21.4 Å². The Morgan fingerprint density at radius 1 is 0.850 bits per heavy atom. The van der Waals surface area contributed by atoms with Gasteiger partial charge in [-0.15, -0.1) is 22.9 Å². The van der Waals surface area contributed by atoms with Gasteiger partial charge < -0.3 is 0 Å². The van der Waals surface area contributed by atoms with Crippen LogP contribution < -0.4 is 0 Å². The summed E-state index contributed by atoms with van der Waals surface area (Å²) in [7, 11) is 0. The van der Waals surface area contributed by atoms with Gasteiger partial charge in [0, 0.05) is 4.88 Å². The third-order valence-electron chi connectivity index (χ3n) is 3.44. The van der Waals surface area contributed by atoms with E-state index in [1.165, 1.54) is 21.6 Å². The molecule has 0 spiro atoms. The molecule has 0 bridgehead atoms. The summed E-state index contributed by atoms with van der Waals surface area (Å²) in [5.41, 5.74) is 4.87. The molecular weight excluding hydrogens is 284 g/mol. The first-order chi connectivity index (χ1) is 9.75. The second-order valence-corrected chi connectivity index (χ2v) is 6.20. The molecule has 0 saturated carbocycles. The van der Waals surface area contributed by atoms with Crippen LogP contribution in [0.5, 0.6) is 0 Å². The molecule has 0 nitrogen and oxygen atoms in total. The van der Waals surface area contributed by atoms with Gasteiger partial charge in [-0.05, 0) is 40.6 Å². The summed E-state index contributed by atoms with van der Waals surface area (Å²) in [5.74, 6) is 0. The predicted octanol–water partition coefficient (Wildman–Crippen LogP) is 6.05. The number of aryl methyl sites for hydroxylation is 1. The van der Waals surface area contributed by atoms with Crippen LogP contribution in [-0.2, 0) is 0 Å². The summed E-state index contributed by atoms with van der Waals surface area (Å²) in [6.07, 6.45) is 0. The SMILES string of the molecule is Cc1ccsc1C(Cl)c1ccc(-c2ccccc2)cc1. The maximum absolute atomic E-state index is 6.59. The molecule has 0 fully saturated rings. The standard InChI is InChI=1S/C18H15ClS/c1-13-11-12-20-18(13)17(19)16-9-7-15(8-10-16)14-5-3-2-4-6-14/h2-12,17H,1H3. The lowest BCUT2D eigenvalue weighted by Crippen LogP contribution is -1.92. The molecule has 0 N–H and O–H groups in total. The van der Waals surface area contributed by atoms with Crippen LogP contribution in [0, 0.1) is 6.92 Å². The Kier molecular flexibility index (Phi) is 3.90. The number of rotatable bonds is 3. The fraction of sp³-hybridized carbons (Fsp3) is 0.111. The van der Waals surface area contributed by atoms with Gasteiger partial charge in [0.1, 0.15) is 0 Å². The molecular formula is C18H15ClS. The third kappa shape index (κ3) is 2.65. The van der Waals surface area contributed by atoms with E-state index in [9.17, 15) is 0 Å². The van der Waals surface area contributed by atoms with E-state index in [0.717, 1.165) is 5.56 Å². The van der Waals surface area contributed by atoms with Crippen molar-refractivity contribution in [1.29, 1.82) is 0 Å². The van der Waals surface area contributed by atoms with Gasteiger partial charge in [-0.2, -0.15) is 0 Å². The van der Waals surface area contributed by atoms with Crippen molar-refractivity contribution in [3.8, 4) is 11.1 Å². The highest BCUT2D eigenvalue weighted by molar-refractivity contribution is 7.10. The Bertz CT molecular complexity index is 683. The van der Waals surface area contributed by atoms with Crippen molar-refractivity contribution in [3.05, 3.63) is 82.0 Å². The highest BCUT2D eigenvalue weighted by Crippen LogP contribution is 2.35. The predicted molar refractivity (Wildman–Crippen MR) is 88.6 cm³/mol. The van der Waals surface area contributed by atoms with Crippen molar-refractivity contribution in [2.45, 2.75) is 12.3 Å². The van der Waals surface area contributed by atoms with Gasteiger partial charge in [0.25, 0.3) is 0 Å². The lowest BCUT2D eigenvalue weighted by Gasteiger charge is -2.10. The van der Waals surface area contributed by atoms with E-state index in [1.54, 1.807) is 11.3 Å². The molecule has 100 valence electrons. The van der Waals surface area contributed by atoms with E-state index in [1.807, 2.05) is 6.07 Å². The average Bonchev–Trinajstić information content (AvgIpc) is 2.94. The number of halogens is 1. The van der Waals surface area contributed by atoms with Crippen molar-refractivity contribution < 1.29 is 0 Å². The molecule has 2 aromatic carbocycles. The van der Waals surface area contributed by atoms with Gasteiger partial charge in [-0.25, -0.2) is 0 Å². The first-order valence-corrected chi connectivity index (χ1v) is 7.91. The lowest BCUT2D eigenvalue weighted by molar-refractivity contribution is 1.16. The quantitative estimate of drug-likeness (QED) is 0.516. The molecule has 3 rings (SSSR count). The summed E-state index contributed by atoms with van der Waals surface area (Å²) in [4.78, 5) is 1.24. The van der Waals surface area contributed by atoms with E-state index in [-0.39, 0.29) is 5.38 Å². The van der Waals surface area contributed by atoms with E-state index in [4.69, 9.17) is 11.6 Å². The molecule has 20 heavy (non-hydrogen) atoms. The molecule has 2 heteroatoms. The second-order valence-electron chi connectivity index (χ2n) is 4.82. The van der Waals surface area contributed by atoms with E-state index >= 15 is 0 Å². The summed E-state index contributed by atoms with van der Waals surface area (Å²) < 4.78 is 0. The maximum atomic E-state index is 6.59. The topological polar surface area (TPSA) is 0 Å². The molecule has 1 unspecified atom stereocenters. The molecule has 0 aliphatic heterocycles. The summed E-state index contributed by atoms with van der Waals surface area (Å²) in [6, 6.07) is 21.0. The average molecular weight is 299 g/mol. The zero-order valence-corrected chi connectivity index (χ0v) is 12.8. The third-order valence-corrected chi connectivity index (χ3v) is 5.13. The van der Waals surface area contributed by atoms with Crippen molar-refractivity contribution in [1.82, 2.24) is 0 Å². The lowest BCUT2D eigenvalue weighted by atomic mass is 10.0. The molecule has 0 amide bonds. The zero-order chi connectivity index (χ0) is 13.9. The monoisotopic (exact) mass is 298 g/mol. The summed E-state index contributed by atoms with van der Waals surface area (Å²) in [6.45, 7) is 2.11. The largest absolute Gasteiger partial charge is 0.147 e. The number of hydrogen-bond donors (Lipinski definition) is 0. The number of hydrogen-bond acceptors (Lipinski definition) is 1. The first kappa shape index (κ1) is 13.4. The van der Waals surface area contributed by atoms with Gasteiger partial charge in [-0.1, -0.05) is 54.6 Å². The second kappa shape index (κ2) is 5.82. The molecule has 1 heterocycles. The molecule has 3 aromatic rings. The van der Waals surface area contributed by atoms with Gasteiger partial charge in [0.05, 0.1) is 5.38 Å². The Hall–Kier alpha value is -1.57. The van der Waals surface area contributed by atoms with E-state index in [0.29, 0.717) is 0 Å². The van der Waals surface area contributed by atoms with Crippen LogP contribution in [0.25, 0.3) is 11.1 Å². The fourth-order valence-corrected chi connectivity index (χ4v) is 3.67. The molecule has 0 radical (unpaired) electrons. The molecule has 0 aliphatic rings. The molecule has 1 atom stereocenters. The van der Waals surface area contributed by atoms with Crippen molar-refractivity contribution in [2.75, 3.05) is 0 Å². The normalized spacial score (nSPS) is 12.3. The van der Waals surface area contributed by atoms with Crippen molar-refractivity contribution in [3.63, 3.8) is 0 Å². The summed E-state index contributed by atoms with van der Waals surface area (Å²) in [5, 5.41) is 2.04. The van der Waals surface area contributed by atoms with E-state index < -0.39 is 0 Å². The zero-order valence-electron chi connectivity index (χ0n) is 11.2. The minimum absolute atomic E-state index is 0.0557. The first-order valence-electron chi connectivity index (χ1n) is 6.59. The number of benzene rings is 2. The van der Waals surface area contributed by atoms with Crippen LogP contribution in [0.15, 0.2) is 66.0 Å². The Balaban J connectivity index is 1.89. The van der Waals surface area contributed by atoms with Crippen LogP contribution in [0.2, 0.25) is 0 Å². The van der Waals surface area contributed by atoms with Crippen molar-refractivity contribution in [2.24, 2.45) is 0 Å². The number of thiophene rings is 1. The van der Waals surface area contributed by atoms with Crippen LogP contribution in [0.3, 0.4) is 0 Å². The van der Waals surface area contributed by atoms with Crippen LogP contribution in [0.4, 0.5) is 0 Å². The van der Waals surface area contributed by atoms with E-state index in [2.05, 4.69) is 66.9 Å².